The van der Waals surface area contributed by atoms with Crippen molar-refractivity contribution in [1.82, 2.24) is 0 Å². The second kappa shape index (κ2) is 6.34. The van der Waals surface area contributed by atoms with E-state index in [2.05, 4.69) is 11.4 Å². The molecule has 1 heterocycles. The molecule has 0 aliphatic heterocycles. The maximum absolute atomic E-state index is 12.5. The molecule has 120 valence electrons. The number of carboxylic acids is 1. The predicted octanol–water partition coefficient (Wildman–Crippen LogP) is 1.95. The molecule has 0 saturated carbocycles. The molecule has 0 bridgehead atoms. The molecule has 0 fully saturated rings. The summed E-state index contributed by atoms with van der Waals surface area (Å²) in [7, 11) is 0. The van der Waals surface area contributed by atoms with Gasteiger partial charge in [-0.25, -0.2) is 0 Å². The SMILES string of the molecule is N#Cc1c(NC(=O)[C@@H]2CC(Cl)=CC[C@H]2C(=O)[O-])sc2c1CCC2. The zero-order valence-corrected chi connectivity index (χ0v) is 13.8. The van der Waals surface area contributed by atoms with Gasteiger partial charge in [-0.1, -0.05) is 17.7 Å². The van der Waals surface area contributed by atoms with Crippen LogP contribution in [0.5, 0.6) is 0 Å². The maximum Gasteiger partial charge on any atom is 0.229 e. The highest BCUT2D eigenvalue weighted by Crippen LogP contribution is 2.39. The molecule has 1 amide bonds. The summed E-state index contributed by atoms with van der Waals surface area (Å²) in [6.45, 7) is 0. The number of thiophene rings is 1. The summed E-state index contributed by atoms with van der Waals surface area (Å²) in [6, 6.07) is 2.16. The lowest BCUT2D eigenvalue weighted by atomic mass is 9.82. The van der Waals surface area contributed by atoms with E-state index >= 15 is 0 Å². The molecule has 1 N–H and O–H groups in total. The van der Waals surface area contributed by atoms with Crippen LogP contribution in [0.2, 0.25) is 0 Å². The van der Waals surface area contributed by atoms with Crippen LogP contribution < -0.4 is 10.4 Å². The average molecular weight is 350 g/mol. The van der Waals surface area contributed by atoms with Crippen molar-refractivity contribution in [3.63, 3.8) is 0 Å². The molecule has 0 saturated heterocycles. The van der Waals surface area contributed by atoms with Crippen molar-refractivity contribution in [2.75, 3.05) is 5.32 Å². The number of halogens is 1. The van der Waals surface area contributed by atoms with Gasteiger partial charge in [0.25, 0.3) is 0 Å². The molecule has 0 spiro atoms. The van der Waals surface area contributed by atoms with Crippen LogP contribution >= 0.6 is 22.9 Å². The van der Waals surface area contributed by atoms with Gasteiger partial charge in [0.1, 0.15) is 11.1 Å². The molecule has 2 aliphatic carbocycles. The largest absolute Gasteiger partial charge is 0.550 e. The number of allylic oxidation sites excluding steroid dienone is 2. The first kappa shape index (κ1) is 16.0. The first-order valence-corrected chi connectivity index (χ1v) is 8.61. The van der Waals surface area contributed by atoms with Gasteiger partial charge in [-0.15, -0.1) is 11.3 Å². The van der Waals surface area contributed by atoms with Crippen LogP contribution in [-0.4, -0.2) is 11.9 Å². The molecule has 2 aliphatic rings. The van der Waals surface area contributed by atoms with E-state index in [0.717, 1.165) is 29.7 Å². The fourth-order valence-electron chi connectivity index (χ4n) is 3.21. The van der Waals surface area contributed by atoms with Crippen molar-refractivity contribution in [3.05, 3.63) is 27.1 Å². The van der Waals surface area contributed by atoms with Crippen LogP contribution in [0.15, 0.2) is 11.1 Å². The number of fused-ring (bicyclic) bond motifs is 1. The Bertz CT molecular complexity index is 747. The van der Waals surface area contributed by atoms with Gasteiger partial charge >= 0.3 is 0 Å². The second-order valence-corrected chi connectivity index (χ2v) is 7.38. The van der Waals surface area contributed by atoms with Crippen molar-refractivity contribution >= 4 is 39.8 Å². The molecular formula is C16H14ClN2O3S-. The second-order valence-electron chi connectivity index (χ2n) is 5.79. The van der Waals surface area contributed by atoms with Crippen LogP contribution in [0.3, 0.4) is 0 Å². The Hall–Kier alpha value is -1.84. The number of nitrogens with zero attached hydrogens (tertiary/aromatic N) is 1. The first-order valence-electron chi connectivity index (χ1n) is 7.42. The molecule has 1 aromatic heterocycles. The lowest BCUT2D eigenvalue weighted by molar-refractivity contribution is -0.313. The van der Waals surface area contributed by atoms with Gasteiger partial charge in [-0.2, -0.15) is 5.26 Å². The number of hydrogen-bond donors (Lipinski definition) is 1. The Kier molecular flexibility index (Phi) is 4.42. The third-order valence-electron chi connectivity index (χ3n) is 4.40. The lowest BCUT2D eigenvalue weighted by Crippen LogP contribution is -2.42. The molecule has 0 radical (unpaired) electrons. The summed E-state index contributed by atoms with van der Waals surface area (Å²) in [5, 5.41) is 24.3. The number of hydrogen-bond acceptors (Lipinski definition) is 5. The number of nitrogens with one attached hydrogen (secondary N) is 1. The van der Waals surface area contributed by atoms with Gasteiger partial charge in [0.05, 0.1) is 11.5 Å². The molecule has 7 heteroatoms. The predicted molar refractivity (Wildman–Crippen MR) is 84.8 cm³/mol. The summed E-state index contributed by atoms with van der Waals surface area (Å²) >= 11 is 7.38. The van der Waals surface area contributed by atoms with Gasteiger partial charge in [-0.05, 0) is 37.7 Å². The van der Waals surface area contributed by atoms with Gasteiger partial charge in [0.2, 0.25) is 5.91 Å². The van der Waals surface area contributed by atoms with Crippen LogP contribution in [0, 0.1) is 23.2 Å². The molecule has 3 rings (SSSR count). The van der Waals surface area contributed by atoms with Gasteiger partial charge in [0, 0.05) is 21.8 Å². The minimum Gasteiger partial charge on any atom is -0.550 e. The summed E-state index contributed by atoms with van der Waals surface area (Å²) in [5.41, 5.74) is 1.53. The third-order valence-corrected chi connectivity index (χ3v) is 5.92. The van der Waals surface area contributed by atoms with Crippen molar-refractivity contribution in [2.24, 2.45) is 11.8 Å². The van der Waals surface area contributed by atoms with Gasteiger partial charge in [-0.3, -0.25) is 4.79 Å². The Morgan fingerprint density at radius 2 is 2.17 bits per heavy atom. The highest BCUT2D eigenvalue weighted by molar-refractivity contribution is 7.16. The minimum absolute atomic E-state index is 0.180. The lowest BCUT2D eigenvalue weighted by Gasteiger charge is -2.29. The highest BCUT2D eigenvalue weighted by Gasteiger charge is 2.33. The molecule has 2 atom stereocenters. The average Bonchev–Trinajstić information content (AvgIpc) is 3.07. The summed E-state index contributed by atoms with van der Waals surface area (Å²) in [5.74, 6) is -3.34. The van der Waals surface area contributed by atoms with E-state index in [0.29, 0.717) is 15.6 Å². The van der Waals surface area contributed by atoms with Crippen LogP contribution in [-0.2, 0) is 22.4 Å². The van der Waals surface area contributed by atoms with Gasteiger partial charge in [0.15, 0.2) is 0 Å². The van der Waals surface area contributed by atoms with E-state index in [1.54, 1.807) is 6.08 Å². The number of rotatable bonds is 3. The molecule has 1 aromatic rings. The summed E-state index contributed by atoms with van der Waals surface area (Å²) in [4.78, 5) is 24.9. The van der Waals surface area contributed by atoms with E-state index in [-0.39, 0.29) is 12.8 Å². The summed E-state index contributed by atoms with van der Waals surface area (Å²) in [6.07, 6.45) is 4.78. The molecule has 5 nitrogen and oxygen atoms in total. The minimum atomic E-state index is -1.25. The maximum atomic E-state index is 12.5. The van der Waals surface area contributed by atoms with E-state index in [1.807, 2.05) is 0 Å². The van der Waals surface area contributed by atoms with Crippen molar-refractivity contribution in [1.29, 1.82) is 5.26 Å². The van der Waals surface area contributed by atoms with Crippen molar-refractivity contribution in [3.8, 4) is 6.07 Å². The highest BCUT2D eigenvalue weighted by atomic mass is 35.5. The Morgan fingerprint density at radius 3 is 2.87 bits per heavy atom. The number of aryl methyl sites for hydroxylation is 1. The zero-order valence-electron chi connectivity index (χ0n) is 12.2. The standard InChI is InChI=1S/C16H15ClN2O3S/c17-8-4-5-10(16(21)22)11(6-8)14(20)19-15-12(7-18)9-2-1-3-13(9)23-15/h4,10-11H,1-3,5-6H2,(H,19,20)(H,21,22)/p-1/t10-,11-/m1/s1. The van der Waals surface area contributed by atoms with E-state index in [9.17, 15) is 20.0 Å². The number of nitriles is 1. The Morgan fingerprint density at radius 1 is 1.39 bits per heavy atom. The number of aliphatic carboxylic acids is 1. The van der Waals surface area contributed by atoms with Crippen LogP contribution in [0.4, 0.5) is 5.00 Å². The smallest absolute Gasteiger partial charge is 0.229 e. The Balaban J connectivity index is 1.83. The summed E-state index contributed by atoms with van der Waals surface area (Å²) < 4.78 is 0. The number of carboxylic acid groups (broad SMARTS) is 1. The first-order chi connectivity index (χ1) is 11.0. The third kappa shape index (κ3) is 2.99. The number of carbonyl (C=O) groups excluding carboxylic acids is 2. The number of carbonyl (C=O) groups is 2. The molecule has 23 heavy (non-hydrogen) atoms. The normalized spacial score (nSPS) is 22.9. The van der Waals surface area contributed by atoms with Crippen LogP contribution in [0.25, 0.3) is 0 Å². The topological polar surface area (TPSA) is 93.0 Å². The Labute approximate surface area is 142 Å². The van der Waals surface area contributed by atoms with E-state index < -0.39 is 23.7 Å². The monoisotopic (exact) mass is 349 g/mol. The van der Waals surface area contributed by atoms with Crippen molar-refractivity contribution < 1.29 is 14.7 Å². The number of amides is 1. The zero-order chi connectivity index (χ0) is 16.6. The van der Waals surface area contributed by atoms with Crippen LogP contribution in [0.1, 0.15) is 35.3 Å². The molecular weight excluding hydrogens is 336 g/mol. The van der Waals surface area contributed by atoms with Gasteiger partial charge < -0.3 is 15.2 Å². The van der Waals surface area contributed by atoms with E-state index in [4.69, 9.17) is 11.6 Å². The fraction of sp³-hybridized carbons (Fsp3) is 0.438. The quantitative estimate of drug-likeness (QED) is 0.902. The van der Waals surface area contributed by atoms with E-state index in [1.165, 1.54) is 11.3 Å². The number of anilines is 1. The fourth-order valence-corrected chi connectivity index (χ4v) is 4.70. The molecule has 0 unspecified atom stereocenters. The van der Waals surface area contributed by atoms with Crippen molar-refractivity contribution in [2.45, 2.75) is 32.1 Å². The molecule has 0 aromatic carbocycles.